The minimum Gasteiger partial charge on any atom is -0.497 e. The molecule has 7 heteroatoms. The summed E-state index contributed by atoms with van der Waals surface area (Å²) in [5, 5.41) is 4.42. The van der Waals surface area contributed by atoms with Crippen molar-refractivity contribution < 1.29 is 4.74 Å². The van der Waals surface area contributed by atoms with Gasteiger partial charge in [0, 0.05) is 50.3 Å². The molecule has 7 nitrogen and oxygen atoms in total. The van der Waals surface area contributed by atoms with Crippen molar-refractivity contribution in [3.63, 3.8) is 0 Å². The van der Waals surface area contributed by atoms with Crippen LogP contribution in [0.25, 0.3) is 5.82 Å². The van der Waals surface area contributed by atoms with Gasteiger partial charge in [0.25, 0.3) is 0 Å². The third kappa shape index (κ3) is 3.33. The number of rotatable bonds is 4. The van der Waals surface area contributed by atoms with Gasteiger partial charge in [0.1, 0.15) is 5.75 Å². The minimum absolute atomic E-state index is 0.755. The Hall–Kier alpha value is -3.09. The fourth-order valence-electron chi connectivity index (χ4n) is 3.12. The van der Waals surface area contributed by atoms with Gasteiger partial charge in [-0.3, -0.25) is 0 Å². The molecule has 0 radical (unpaired) electrons. The van der Waals surface area contributed by atoms with Crippen LogP contribution in [0.1, 0.15) is 5.69 Å². The Labute approximate surface area is 152 Å². The third-order valence-corrected chi connectivity index (χ3v) is 4.59. The molecule has 2 aromatic heterocycles. The average Bonchev–Trinajstić information content (AvgIpc) is 3.15. The van der Waals surface area contributed by atoms with Crippen molar-refractivity contribution in [3.8, 4) is 11.6 Å². The highest BCUT2D eigenvalue weighted by Crippen LogP contribution is 2.21. The van der Waals surface area contributed by atoms with Crippen LogP contribution in [-0.2, 0) is 0 Å². The van der Waals surface area contributed by atoms with Gasteiger partial charge in [-0.05, 0) is 37.3 Å². The van der Waals surface area contributed by atoms with E-state index in [0.29, 0.717) is 0 Å². The maximum atomic E-state index is 5.23. The van der Waals surface area contributed by atoms with Crippen LogP contribution in [0.3, 0.4) is 0 Å². The van der Waals surface area contributed by atoms with Gasteiger partial charge in [-0.1, -0.05) is 0 Å². The predicted octanol–water partition coefficient (Wildman–Crippen LogP) is 2.31. The van der Waals surface area contributed by atoms with Gasteiger partial charge in [-0.15, -0.1) is 0 Å². The summed E-state index contributed by atoms with van der Waals surface area (Å²) in [7, 11) is 1.69. The lowest BCUT2D eigenvalue weighted by atomic mass is 10.2. The Balaban J connectivity index is 1.44. The first-order valence-electron chi connectivity index (χ1n) is 8.72. The van der Waals surface area contributed by atoms with Gasteiger partial charge in [0.2, 0.25) is 5.95 Å². The third-order valence-electron chi connectivity index (χ3n) is 4.59. The summed E-state index contributed by atoms with van der Waals surface area (Å²) in [6.07, 6.45) is 3.72. The summed E-state index contributed by atoms with van der Waals surface area (Å²) >= 11 is 0. The molecule has 1 aliphatic heterocycles. The van der Waals surface area contributed by atoms with E-state index in [0.717, 1.165) is 49.4 Å². The van der Waals surface area contributed by atoms with Crippen LogP contribution in [0.4, 0.5) is 11.6 Å². The largest absolute Gasteiger partial charge is 0.497 e. The Morgan fingerprint density at radius 1 is 0.923 bits per heavy atom. The van der Waals surface area contributed by atoms with Crippen molar-refractivity contribution in [1.82, 2.24) is 19.7 Å². The lowest BCUT2D eigenvalue weighted by molar-refractivity contribution is 0.415. The lowest BCUT2D eigenvalue weighted by Crippen LogP contribution is -2.47. The van der Waals surface area contributed by atoms with Crippen molar-refractivity contribution in [2.45, 2.75) is 6.92 Å². The van der Waals surface area contributed by atoms with Crippen LogP contribution in [0.15, 0.2) is 48.8 Å². The SMILES string of the molecule is COc1ccc(N2CCN(c3nccc(-n4ccc(C)n4)n3)CC2)cc1. The molecule has 1 aromatic carbocycles. The van der Waals surface area contributed by atoms with Crippen molar-refractivity contribution in [3.05, 3.63) is 54.5 Å². The number of hydrogen-bond donors (Lipinski definition) is 0. The summed E-state index contributed by atoms with van der Waals surface area (Å²) in [5.41, 5.74) is 2.19. The van der Waals surface area contributed by atoms with Crippen LogP contribution in [-0.4, -0.2) is 53.0 Å². The lowest BCUT2D eigenvalue weighted by Gasteiger charge is -2.36. The molecule has 134 valence electrons. The summed E-state index contributed by atoms with van der Waals surface area (Å²) in [6.45, 7) is 5.60. The molecule has 0 bridgehead atoms. The number of nitrogens with zero attached hydrogens (tertiary/aromatic N) is 6. The van der Waals surface area contributed by atoms with Crippen molar-refractivity contribution in [2.24, 2.45) is 0 Å². The van der Waals surface area contributed by atoms with Gasteiger partial charge in [-0.25, -0.2) is 9.67 Å². The second-order valence-electron chi connectivity index (χ2n) is 6.29. The molecular weight excluding hydrogens is 328 g/mol. The number of benzene rings is 1. The van der Waals surface area contributed by atoms with Crippen molar-refractivity contribution in [2.75, 3.05) is 43.1 Å². The number of hydrogen-bond acceptors (Lipinski definition) is 6. The van der Waals surface area contributed by atoms with Gasteiger partial charge in [0.05, 0.1) is 12.8 Å². The molecular formula is C19H22N6O. The molecule has 26 heavy (non-hydrogen) atoms. The van der Waals surface area contributed by atoms with Gasteiger partial charge >= 0.3 is 0 Å². The monoisotopic (exact) mass is 350 g/mol. The normalized spacial score (nSPS) is 14.5. The first-order valence-corrected chi connectivity index (χ1v) is 8.72. The highest BCUT2D eigenvalue weighted by Gasteiger charge is 2.19. The number of aryl methyl sites for hydroxylation is 1. The zero-order valence-corrected chi connectivity index (χ0v) is 15.0. The quantitative estimate of drug-likeness (QED) is 0.720. The van der Waals surface area contributed by atoms with Crippen LogP contribution in [0.2, 0.25) is 0 Å². The van der Waals surface area contributed by atoms with Crippen LogP contribution < -0.4 is 14.5 Å². The van der Waals surface area contributed by atoms with E-state index in [1.807, 2.05) is 37.4 Å². The molecule has 0 spiro atoms. The van der Waals surface area contributed by atoms with Crippen molar-refractivity contribution in [1.29, 1.82) is 0 Å². The molecule has 4 rings (SSSR count). The van der Waals surface area contributed by atoms with E-state index in [1.54, 1.807) is 18.0 Å². The standard InChI is InChI=1S/C19H22N6O/c1-15-8-10-25(22-15)18-7-9-20-19(21-18)24-13-11-23(12-14-24)16-3-5-17(26-2)6-4-16/h3-10H,11-14H2,1-2H3. The summed E-state index contributed by atoms with van der Waals surface area (Å²) in [6, 6.07) is 12.1. The van der Waals surface area contributed by atoms with E-state index in [9.17, 15) is 0 Å². The fraction of sp³-hybridized carbons (Fsp3) is 0.316. The first-order chi connectivity index (χ1) is 12.7. The minimum atomic E-state index is 0.755. The molecule has 0 aliphatic carbocycles. The maximum Gasteiger partial charge on any atom is 0.227 e. The molecule has 0 saturated carbocycles. The van der Waals surface area contributed by atoms with Gasteiger partial charge < -0.3 is 14.5 Å². The first kappa shape index (κ1) is 16.4. The molecule has 0 amide bonds. The van der Waals surface area contributed by atoms with E-state index in [1.165, 1.54) is 5.69 Å². The molecule has 0 N–H and O–H groups in total. The number of aromatic nitrogens is 4. The number of ether oxygens (including phenoxy) is 1. The second kappa shape index (κ2) is 7.03. The zero-order chi connectivity index (χ0) is 17.9. The smallest absolute Gasteiger partial charge is 0.227 e. The van der Waals surface area contributed by atoms with Gasteiger partial charge in [0.15, 0.2) is 5.82 Å². The topological polar surface area (TPSA) is 59.3 Å². The zero-order valence-electron chi connectivity index (χ0n) is 15.0. The summed E-state index contributed by atoms with van der Waals surface area (Å²) in [5.74, 6) is 2.43. The van der Waals surface area contributed by atoms with Crippen LogP contribution in [0, 0.1) is 6.92 Å². The Morgan fingerprint density at radius 2 is 1.65 bits per heavy atom. The van der Waals surface area contributed by atoms with E-state index in [2.05, 4.69) is 37.0 Å². The van der Waals surface area contributed by atoms with Crippen LogP contribution in [0.5, 0.6) is 5.75 Å². The molecule has 0 atom stereocenters. The average molecular weight is 350 g/mol. The summed E-state index contributed by atoms with van der Waals surface area (Å²) in [4.78, 5) is 13.7. The van der Waals surface area contributed by atoms with E-state index in [4.69, 9.17) is 4.74 Å². The molecule has 0 unspecified atom stereocenters. The van der Waals surface area contributed by atoms with E-state index < -0.39 is 0 Å². The highest BCUT2D eigenvalue weighted by molar-refractivity contribution is 5.51. The van der Waals surface area contributed by atoms with E-state index in [-0.39, 0.29) is 0 Å². The number of piperazine rings is 1. The van der Waals surface area contributed by atoms with Crippen molar-refractivity contribution >= 4 is 11.6 Å². The fourth-order valence-corrected chi connectivity index (χ4v) is 3.12. The Morgan fingerprint density at radius 3 is 2.31 bits per heavy atom. The molecule has 1 fully saturated rings. The molecule has 3 aromatic rings. The molecule has 1 aliphatic rings. The van der Waals surface area contributed by atoms with Crippen LogP contribution >= 0.6 is 0 Å². The summed E-state index contributed by atoms with van der Waals surface area (Å²) < 4.78 is 7.02. The maximum absolute atomic E-state index is 5.23. The molecule has 1 saturated heterocycles. The number of methoxy groups -OCH3 is 1. The highest BCUT2D eigenvalue weighted by atomic mass is 16.5. The Kier molecular flexibility index (Phi) is 4.43. The molecule has 3 heterocycles. The Bertz CT molecular complexity index is 868. The number of anilines is 2. The second-order valence-corrected chi connectivity index (χ2v) is 6.29. The van der Waals surface area contributed by atoms with E-state index >= 15 is 0 Å². The van der Waals surface area contributed by atoms with Gasteiger partial charge in [-0.2, -0.15) is 10.1 Å². The predicted molar refractivity (Wildman–Crippen MR) is 101 cm³/mol.